The fourth-order valence-corrected chi connectivity index (χ4v) is 3.45. The third-order valence-electron chi connectivity index (χ3n) is 2.76. The summed E-state index contributed by atoms with van der Waals surface area (Å²) in [7, 11) is 0. The summed E-state index contributed by atoms with van der Waals surface area (Å²) in [6.45, 7) is 5.63. The summed E-state index contributed by atoms with van der Waals surface area (Å²) in [5, 5.41) is 1.79. The van der Waals surface area contributed by atoms with Gasteiger partial charge in [-0.1, -0.05) is 61.7 Å². The average Bonchev–Trinajstić information content (AvgIpc) is 2.33. The highest BCUT2D eigenvalue weighted by molar-refractivity contribution is 9.09. The lowest BCUT2D eigenvalue weighted by Gasteiger charge is -2.30. The Bertz CT molecular complexity index is 304. The van der Waals surface area contributed by atoms with Gasteiger partial charge in [0, 0.05) is 22.7 Å². The minimum Gasteiger partial charge on any atom is -0.381 e. The van der Waals surface area contributed by atoms with E-state index < -0.39 is 0 Å². The molecule has 1 nitrogen and oxygen atoms in total. The molecule has 0 aliphatic heterocycles. The Morgan fingerprint density at radius 1 is 1.12 bits per heavy atom. The van der Waals surface area contributed by atoms with Crippen LogP contribution in [0.5, 0.6) is 0 Å². The van der Waals surface area contributed by atoms with E-state index in [2.05, 4.69) is 63.0 Å². The first-order valence-corrected chi connectivity index (χ1v) is 7.69. The van der Waals surface area contributed by atoms with Crippen molar-refractivity contribution in [2.24, 2.45) is 0 Å². The van der Waals surface area contributed by atoms with Gasteiger partial charge in [0.05, 0.1) is 6.61 Å². The highest BCUT2D eigenvalue weighted by Crippen LogP contribution is 2.29. The molecular weight excluding hydrogens is 332 g/mol. The van der Waals surface area contributed by atoms with E-state index in [9.17, 15) is 0 Å². The molecule has 0 aromatic heterocycles. The number of alkyl halides is 2. The largest absolute Gasteiger partial charge is 0.381 e. The molecule has 0 saturated carbocycles. The van der Waals surface area contributed by atoms with E-state index in [1.54, 1.807) is 0 Å². The molecule has 90 valence electrons. The smallest absolute Gasteiger partial charge is 0.0578 e. The predicted molar refractivity (Wildman–Crippen MR) is 76.9 cm³/mol. The van der Waals surface area contributed by atoms with Crippen LogP contribution in [-0.4, -0.2) is 23.9 Å². The molecule has 0 radical (unpaired) electrons. The van der Waals surface area contributed by atoms with E-state index in [0.29, 0.717) is 0 Å². The maximum absolute atomic E-state index is 5.61. The molecule has 0 N–H and O–H groups in total. The van der Waals surface area contributed by atoms with Gasteiger partial charge in [0.15, 0.2) is 0 Å². The van der Waals surface area contributed by atoms with Crippen LogP contribution < -0.4 is 0 Å². The van der Waals surface area contributed by atoms with Crippen LogP contribution >= 0.6 is 31.9 Å². The monoisotopic (exact) mass is 348 g/mol. The van der Waals surface area contributed by atoms with Crippen molar-refractivity contribution in [3.8, 4) is 0 Å². The minimum atomic E-state index is 0.0315. The fourth-order valence-electron chi connectivity index (χ4n) is 1.56. The quantitative estimate of drug-likeness (QED) is 0.704. The zero-order chi connectivity index (χ0) is 12.0. The van der Waals surface area contributed by atoms with Crippen molar-refractivity contribution < 1.29 is 4.74 Å². The predicted octanol–water partition coefficient (Wildman–Crippen LogP) is 4.06. The van der Waals surface area contributed by atoms with Gasteiger partial charge in [0.25, 0.3) is 0 Å². The van der Waals surface area contributed by atoms with Crippen LogP contribution in [0.25, 0.3) is 0 Å². The second kappa shape index (κ2) is 6.77. The first-order chi connectivity index (χ1) is 7.68. The maximum Gasteiger partial charge on any atom is 0.0578 e. The van der Waals surface area contributed by atoms with Gasteiger partial charge in [-0.05, 0) is 19.4 Å². The molecule has 1 rings (SSSR count). The maximum atomic E-state index is 5.61. The van der Waals surface area contributed by atoms with Crippen LogP contribution in [0.3, 0.4) is 0 Å². The van der Waals surface area contributed by atoms with E-state index in [1.807, 2.05) is 6.92 Å². The number of ether oxygens (including phenoxy) is 1. The Morgan fingerprint density at radius 2 is 1.69 bits per heavy atom. The van der Waals surface area contributed by atoms with Gasteiger partial charge in [-0.25, -0.2) is 0 Å². The molecule has 0 amide bonds. The molecule has 0 bridgehead atoms. The van der Waals surface area contributed by atoms with Crippen molar-refractivity contribution in [2.75, 3.05) is 23.9 Å². The fraction of sp³-hybridized carbons (Fsp3) is 0.538. The molecule has 1 aromatic rings. The lowest BCUT2D eigenvalue weighted by atomic mass is 9.85. The molecule has 3 heteroatoms. The number of rotatable bonds is 6. The van der Waals surface area contributed by atoms with Gasteiger partial charge in [-0.15, -0.1) is 0 Å². The summed E-state index contributed by atoms with van der Waals surface area (Å²) in [6.07, 6.45) is 0. The lowest BCUT2D eigenvalue weighted by molar-refractivity contribution is 0.109. The van der Waals surface area contributed by atoms with Gasteiger partial charge in [-0.2, -0.15) is 0 Å². The molecule has 0 atom stereocenters. The Kier molecular flexibility index (Phi) is 6.01. The highest BCUT2D eigenvalue weighted by atomic mass is 79.9. The van der Waals surface area contributed by atoms with Crippen molar-refractivity contribution in [3.63, 3.8) is 0 Å². The first-order valence-electron chi connectivity index (χ1n) is 5.45. The zero-order valence-corrected chi connectivity index (χ0v) is 13.0. The summed E-state index contributed by atoms with van der Waals surface area (Å²) in [4.78, 5) is 0. The second-order valence-electron chi connectivity index (χ2n) is 4.05. The van der Waals surface area contributed by atoms with E-state index in [1.165, 1.54) is 11.1 Å². The van der Waals surface area contributed by atoms with Gasteiger partial charge < -0.3 is 4.74 Å². The van der Waals surface area contributed by atoms with Crippen molar-refractivity contribution in [1.29, 1.82) is 0 Å². The SMILES string of the molecule is CCOCC(CBr)(CBr)c1ccc(C)cc1. The number of hydrogen-bond acceptors (Lipinski definition) is 1. The highest BCUT2D eigenvalue weighted by Gasteiger charge is 2.30. The van der Waals surface area contributed by atoms with Gasteiger partial charge in [-0.3, -0.25) is 0 Å². The number of hydrogen-bond donors (Lipinski definition) is 0. The van der Waals surface area contributed by atoms with E-state index in [0.717, 1.165) is 23.9 Å². The van der Waals surface area contributed by atoms with Crippen molar-refractivity contribution in [2.45, 2.75) is 19.3 Å². The number of halogens is 2. The molecule has 0 aliphatic rings. The van der Waals surface area contributed by atoms with Crippen molar-refractivity contribution in [3.05, 3.63) is 35.4 Å². The van der Waals surface area contributed by atoms with Crippen LogP contribution in [-0.2, 0) is 10.2 Å². The minimum absolute atomic E-state index is 0.0315. The van der Waals surface area contributed by atoms with E-state index in [4.69, 9.17) is 4.74 Å². The zero-order valence-electron chi connectivity index (χ0n) is 9.80. The normalized spacial score (nSPS) is 11.8. The Morgan fingerprint density at radius 3 is 2.12 bits per heavy atom. The van der Waals surface area contributed by atoms with Crippen LogP contribution in [0.1, 0.15) is 18.1 Å². The molecule has 1 aromatic carbocycles. The number of aryl methyl sites for hydroxylation is 1. The summed E-state index contributed by atoms with van der Waals surface area (Å²) in [5.41, 5.74) is 2.64. The standard InChI is InChI=1S/C13H18Br2O/c1-3-16-10-13(8-14,9-15)12-6-4-11(2)5-7-12/h4-7H,3,8-10H2,1-2H3. The molecule has 0 heterocycles. The Balaban J connectivity index is 2.95. The van der Waals surface area contributed by atoms with Crippen molar-refractivity contribution in [1.82, 2.24) is 0 Å². The number of benzene rings is 1. The summed E-state index contributed by atoms with van der Waals surface area (Å²) in [6, 6.07) is 8.69. The van der Waals surface area contributed by atoms with Gasteiger partial charge in [0.1, 0.15) is 0 Å². The summed E-state index contributed by atoms with van der Waals surface area (Å²) in [5.74, 6) is 0. The Labute approximate surface area is 115 Å². The van der Waals surface area contributed by atoms with Gasteiger partial charge >= 0.3 is 0 Å². The molecule has 0 unspecified atom stereocenters. The van der Waals surface area contributed by atoms with Crippen molar-refractivity contribution >= 4 is 31.9 Å². The summed E-state index contributed by atoms with van der Waals surface area (Å²) < 4.78 is 5.61. The van der Waals surface area contributed by atoms with E-state index >= 15 is 0 Å². The van der Waals surface area contributed by atoms with Gasteiger partial charge in [0.2, 0.25) is 0 Å². The summed E-state index contributed by atoms with van der Waals surface area (Å²) >= 11 is 7.22. The molecule has 0 spiro atoms. The van der Waals surface area contributed by atoms with Crippen LogP contribution in [0.15, 0.2) is 24.3 Å². The van der Waals surface area contributed by atoms with Crippen LogP contribution in [0.4, 0.5) is 0 Å². The molecule has 0 saturated heterocycles. The lowest BCUT2D eigenvalue weighted by Crippen LogP contribution is -2.35. The molecule has 0 fully saturated rings. The van der Waals surface area contributed by atoms with E-state index in [-0.39, 0.29) is 5.41 Å². The second-order valence-corrected chi connectivity index (χ2v) is 5.17. The van der Waals surface area contributed by atoms with Crippen LogP contribution in [0.2, 0.25) is 0 Å². The first kappa shape index (κ1) is 14.2. The third-order valence-corrected chi connectivity index (χ3v) is 4.90. The van der Waals surface area contributed by atoms with Crippen LogP contribution in [0, 0.1) is 6.92 Å². The average molecular weight is 350 g/mol. The molecular formula is C13H18Br2O. The topological polar surface area (TPSA) is 9.23 Å². The third kappa shape index (κ3) is 3.31. The Hall–Kier alpha value is 0.140. The molecule has 16 heavy (non-hydrogen) atoms. The molecule has 0 aliphatic carbocycles.